The molecule has 10 heteroatoms. The van der Waals surface area contributed by atoms with Gasteiger partial charge >= 0.3 is 0 Å². The van der Waals surface area contributed by atoms with Crippen LogP contribution < -0.4 is 19.3 Å². The average Bonchev–Trinajstić information content (AvgIpc) is 3.00. The summed E-state index contributed by atoms with van der Waals surface area (Å²) in [4.78, 5) is 40.5. The van der Waals surface area contributed by atoms with Crippen molar-refractivity contribution in [1.82, 2.24) is 0 Å². The van der Waals surface area contributed by atoms with Gasteiger partial charge in [-0.05, 0) is 78.0 Å². The number of hydrogen-bond acceptors (Lipinski definition) is 7. The van der Waals surface area contributed by atoms with Gasteiger partial charge in [0.15, 0.2) is 16.6 Å². The average molecular weight is 566 g/mol. The van der Waals surface area contributed by atoms with E-state index in [0.717, 1.165) is 5.56 Å². The standard InChI is InChI=1S/C31H23N3O6S/c1-39-28-19-22(14-17-27(28)40-20-21-12-15-25(16-13-21)34(37)38)18-26-29(35)32(23-8-4-2-5-9-23)31(41)33(30(26)36)24-10-6-3-7-11-24/h2-19H,20H2,1H3. The molecule has 1 fully saturated rings. The SMILES string of the molecule is COc1cc(C=C2C(=O)N(c3ccccc3)C(=S)N(c3ccccc3)C2=O)ccc1OCc1ccc([N+](=O)[O-])cc1. The number of nitro benzene ring substituents is 1. The molecule has 0 aliphatic carbocycles. The van der Waals surface area contributed by atoms with E-state index in [9.17, 15) is 19.7 Å². The van der Waals surface area contributed by atoms with Crippen molar-refractivity contribution in [1.29, 1.82) is 0 Å². The summed E-state index contributed by atoms with van der Waals surface area (Å²) in [6.45, 7) is 0.154. The third kappa shape index (κ3) is 5.68. The number of carbonyl (C=O) groups is 2. The summed E-state index contributed by atoms with van der Waals surface area (Å²) in [5.74, 6) is -0.286. The van der Waals surface area contributed by atoms with Crippen LogP contribution in [0.4, 0.5) is 17.1 Å². The predicted molar refractivity (Wildman–Crippen MR) is 159 cm³/mol. The molecule has 2 amide bonds. The van der Waals surface area contributed by atoms with E-state index in [2.05, 4.69) is 0 Å². The number of benzene rings is 4. The highest BCUT2D eigenvalue weighted by Gasteiger charge is 2.41. The fourth-order valence-electron chi connectivity index (χ4n) is 4.27. The van der Waals surface area contributed by atoms with Gasteiger partial charge in [0, 0.05) is 12.1 Å². The van der Waals surface area contributed by atoms with E-state index in [0.29, 0.717) is 28.4 Å². The second-order valence-corrected chi connectivity index (χ2v) is 9.28. The van der Waals surface area contributed by atoms with Crippen LogP contribution in [0.2, 0.25) is 0 Å². The number of rotatable bonds is 8. The number of methoxy groups -OCH3 is 1. The van der Waals surface area contributed by atoms with E-state index in [4.69, 9.17) is 21.7 Å². The maximum atomic E-state index is 13.7. The fraction of sp³-hybridized carbons (Fsp3) is 0.0645. The summed E-state index contributed by atoms with van der Waals surface area (Å²) < 4.78 is 11.4. The molecule has 0 unspecified atom stereocenters. The van der Waals surface area contributed by atoms with E-state index in [1.54, 1.807) is 78.9 Å². The quantitative estimate of drug-likeness (QED) is 0.0858. The third-order valence-corrected chi connectivity index (χ3v) is 6.68. The van der Waals surface area contributed by atoms with Crippen LogP contribution in [0.15, 0.2) is 109 Å². The van der Waals surface area contributed by atoms with E-state index in [-0.39, 0.29) is 23.0 Å². The molecule has 0 saturated carbocycles. The summed E-state index contributed by atoms with van der Waals surface area (Å²) in [7, 11) is 1.48. The minimum Gasteiger partial charge on any atom is -0.493 e. The number of nitro groups is 1. The van der Waals surface area contributed by atoms with Crippen molar-refractivity contribution in [3.63, 3.8) is 0 Å². The minimum absolute atomic E-state index is 0.00653. The van der Waals surface area contributed by atoms with Gasteiger partial charge in [0.1, 0.15) is 12.2 Å². The van der Waals surface area contributed by atoms with Crippen LogP contribution in [0, 0.1) is 10.1 Å². The molecule has 1 aliphatic rings. The first-order valence-electron chi connectivity index (χ1n) is 12.5. The zero-order valence-electron chi connectivity index (χ0n) is 21.8. The molecule has 204 valence electrons. The maximum Gasteiger partial charge on any atom is 0.270 e. The number of carbonyl (C=O) groups excluding carboxylic acids is 2. The van der Waals surface area contributed by atoms with Gasteiger partial charge in [0.2, 0.25) is 0 Å². The van der Waals surface area contributed by atoms with Crippen molar-refractivity contribution in [3.8, 4) is 11.5 Å². The van der Waals surface area contributed by atoms with Crippen molar-refractivity contribution in [2.75, 3.05) is 16.9 Å². The number of non-ortho nitro benzene ring substituents is 1. The van der Waals surface area contributed by atoms with Crippen LogP contribution in [0.1, 0.15) is 11.1 Å². The van der Waals surface area contributed by atoms with Gasteiger partial charge in [-0.25, -0.2) is 0 Å². The second kappa shape index (κ2) is 11.8. The Bertz CT molecular complexity index is 1590. The summed E-state index contributed by atoms with van der Waals surface area (Å²) in [6, 6.07) is 28.9. The summed E-state index contributed by atoms with van der Waals surface area (Å²) in [6.07, 6.45) is 1.50. The zero-order valence-corrected chi connectivity index (χ0v) is 22.6. The van der Waals surface area contributed by atoms with E-state index in [1.165, 1.54) is 35.1 Å². The Morgan fingerprint density at radius 2 is 1.37 bits per heavy atom. The monoisotopic (exact) mass is 565 g/mol. The van der Waals surface area contributed by atoms with Crippen molar-refractivity contribution in [2.24, 2.45) is 0 Å². The Kier molecular flexibility index (Phi) is 7.84. The van der Waals surface area contributed by atoms with E-state index in [1.807, 2.05) is 12.1 Å². The Morgan fingerprint density at radius 1 is 0.805 bits per heavy atom. The van der Waals surface area contributed by atoms with Crippen LogP contribution in [0.5, 0.6) is 11.5 Å². The molecule has 41 heavy (non-hydrogen) atoms. The first-order chi connectivity index (χ1) is 19.9. The highest BCUT2D eigenvalue weighted by molar-refractivity contribution is 7.81. The summed E-state index contributed by atoms with van der Waals surface area (Å²) in [5.41, 5.74) is 2.26. The molecular weight excluding hydrogens is 542 g/mol. The van der Waals surface area contributed by atoms with Crippen LogP contribution in [-0.4, -0.2) is 29.0 Å². The largest absolute Gasteiger partial charge is 0.493 e. The molecule has 0 bridgehead atoms. The molecule has 1 heterocycles. The zero-order chi connectivity index (χ0) is 28.9. The molecule has 0 aromatic heterocycles. The molecule has 0 spiro atoms. The van der Waals surface area contributed by atoms with Crippen molar-refractivity contribution >= 4 is 52.3 Å². The molecule has 1 aliphatic heterocycles. The molecule has 0 atom stereocenters. The normalized spacial score (nSPS) is 13.3. The first kappa shape index (κ1) is 27.2. The summed E-state index contributed by atoms with van der Waals surface area (Å²) >= 11 is 5.64. The van der Waals surface area contributed by atoms with Crippen LogP contribution in [0.25, 0.3) is 6.08 Å². The van der Waals surface area contributed by atoms with Crippen molar-refractivity contribution < 1.29 is 24.0 Å². The number of para-hydroxylation sites is 2. The molecule has 9 nitrogen and oxygen atoms in total. The molecule has 4 aromatic carbocycles. The second-order valence-electron chi connectivity index (χ2n) is 8.92. The smallest absolute Gasteiger partial charge is 0.270 e. The lowest BCUT2D eigenvalue weighted by molar-refractivity contribution is -0.384. The lowest BCUT2D eigenvalue weighted by atomic mass is 10.0. The third-order valence-electron chi connectivity index (χ3n) is 6.32. The molecule has 4 aromatic rings. The number of thiocarbonyl (C=S) groups is 1. The van der Waals surface area contributed by atoms with E-state index < -0.39 is 16.7 Å². The Balaban J connectivity index is 1.46. The highest BCUT2D eigenvalue weighted by Crippen LogP contribution is 2.33. The van der Waals surface area contributed by atoms with Crippen LogP contribution >= 0.6 is 12.2 Å². The highest BCUT2D eigenvalue weighted by atomic mass is 32.1. The Morgan fingerprint density at radius 3 is 1.88 bits per heavy atom. The number of nitrogens with zero attached hydrogens (tertiary/aromatic N) is 3. The number of anilines is 2. The van der Waals surface area contributed by atoms with Gasteiger partial charge in [0.25, 0.3) is 17.5 Å². The lowest BCUT2D eigenvalue weighted by Gasteiger charge is -2.36. The molecule has 1 saturated heterocycles. The maximum absolute atomic E-state index is 13.7. The lowest BCUT2D eigenvalue weighted by Crippen LogP contribution is -2.56. The number of ether oxygens (including phenoxy) is 2. The molecule has 0 radical (unpaired) electrons. The van der Waals surface area contributed by atoms with Crippen molar-refractivity contribution in [2.45, 2.75) is 6.61 Å². The minimum atomic E-state index is -0.546. The number of amides is 2. The van der Waals surface area contributed by atoms with Crippen LogP contribution in [-0.2, 0) is 16.2 Å². The fourth-order valence-corrected chi connectivity index (χ4v) is 4.65. The van der Waals surface area contributed by atoms with Gasteiger partial charge in [-0.2, -0.15) is 0 Å². The van der Waals surface area contributed by atoms with Gasteiger partial charge in [-0.1, -0.05) is 42.5 Å². The topological polar surface area (TPSA) is 102 Å². The predicted octanol–water partition coefficient (Wildman–Crippen LogP) is 5.93. The van der Waals surface area contributed by atoms with Gasteiger partial charge in [0.05, 0.1) is 23.4 Å². The van der Waals surface area contributed by atoms with Gasteiger partial charge in [-0.3, -0.25) is 29.5 Å². The summed E-state index contributed by atoms with van der Waals surface area (Å²) in [5, 5.41) is 10.9. The Labute approximate surface area is 241 Å². The molecular formula is C31H23N3O6S. The first-order valence-corrected chi connectivity index (χ1v) is 12.9. The van der Waals surface area contributed by atoms with Crippen molar-refractivity contribution in [3.05, 3.63) is 130 Å². The van der Waals surface area contributed by atoms with E-state index >= 15 is 0 Å². The molecule has 5 rings (SSSR count). The Hall–Kier alpha value is -5.35. The van der Waals surface area contributed by atoms with Gasteiger partial charge < -0.3 is 9.47 Å². The number of hydrogen-bond donors (Lipinski definition) is 0. The molecule has 0 N–H and O–H groups in total. The van der Waals surface area contributed by atoms with Gasteiger partial charge in [-0.15, -0.1) is 0 Å². The van der Waals surface area contributed by atoms with Crippen LogP contribution in [0.3, 0.4) is 0 Å².